The first kappa shape index (κ1) is 28.4. The molecule has 0 aliphatic carbocycles. The van der Waals surface area contributed by atoms with Crippen LogP contribution in [0.2, 0.25) is 0 Å². The molecular formula is C27H23F4N5O4S. The SMILES string of the molecule is O=C(NCc1cc2nc(-c3cccc(N4CC[C@@H](O)C(F)(F)C4)n3)ccc2cn1)c1cccc(S(=O)(=O)C(F)F)c1. The van der Waals surface area contributed by atoms with Crippen molar-refractivity contribution in [2.45, 2.75) is 35.6 Å². The average Bonchev–Trinajstić information content (AvgIpc) is 2.97. The van der Waals surface area contributed by atoms with Crippen molar-refractivity contribution in [3.8, 4) is 11.4 Å². The Kier molecular flexibility index (Phi) is 7.62. The number of hydrogen-bond acceptors (Lipinski definition) is 8. The summed E-state index contributed by atoms with van der Waals surface area (Å²) in [5.74, 6) is -7.21. The van der Waals surface area contributed by atoms with Crippen LogP contribution in [-0.2, 0) is 16.4 Å². The average molecular weight is 590 g/mol. The summed E-state index contributed by atoms with van der Waals surface area (Å²) in [5.41, 5.74) is 1.75. The van der Waals surface area contributed by atoms with Crippen molar-refractivity contribution in [1.29, 1.82) is 0 Å². The third kappa shape index (κ3) is 5.98. The van der Waals surface area contributed by atoms with Crippen molar-refractivity contribution in [3.63, 3.8) is 0 Å². The lowest BCUT2D eigenvalue weighted by atomic mass is 10.0. The number of rotatable bonds is 7. The van der Waals surface area contributed by atoms with Gasteiger partial charge in [0.15, 0.2) is 0 Å². The van der Waals surface area contributed by atoms with Crippen molar-refractivity contribution < 1.29 is 35.9 Å². The first-order valence-corrected chi connectivity index (χ1v) is 13.9. The van der Waals surface area contributed by atoms with Gasteiger partial charge in [0.2, 0.25) is 9.84 Å². The molecule has 3 aromatic heterocycles. The first-order valence-electron chi connectivity index (χ1n) is 12.4. The van der Waals surface area contributed by atoms with Gasteiger partial charge < -0.3 is 15.3 Å². The second-order valence-electron chi connectivity index (χ2n) is 9.45. The Morgan fingerprint density at radius 3 is 2.59 bits per heavy atom. The molecule has 1 amide bonds. The third-order valence-corrected chi connectivity index (χ3v) is 7.98. The number of pyridine rings is 3. The topological polar surface area (TPSA) is 125 Å². The van der Waals surface area contributed by atoms with Crippen LogP contribution >= 0.6 is 0 Å². The van der Waals surface area contributed by atoms with Crippen LogP contribution in [0.3, 0.4) is 0 Å². The van der Waals surface area contributed by atoms with E-state index in [0.29, 0.717) is 33.8 Å². The molecule has 4 aromatic rings. The summed E-state index contributed by atoms with van der Waals surface area (Å²) < 4.78 is 77.3. The summed E-state index contributed by atoms with van der Waals surface area (Å²) in [6.07, 6.45) is -0.225. The minimum Gasteiger partial charge on any atom is -0.387 e. The highest BCUT2D eigenvalue weighted by Gasteiger charge is 2.44. The van der Waals surface area contributed by atoms with Crippen molar-refractivity contribution in [1.82, 2.24) is 20.3 Å². The zero-order valence-electron chi connectivity index (χ0n) is 21.2. The number of hydrogen-bond donors (Lipinski definition) is 2. The fraction of sp³-hybridized carbons (Fsp3) is 0.259. The number of sulfone groups is 1. The van der Waals surface area contributed by atoms with E-state index in [4.69, 9.17) is 0 Å². The molecule has 0 unspecified atom stereocenters. The maximum atomic E-state index is 14.1. The van der Waals surface area contributed by atoms with E-state index in [2.05, 4.69) is 20.3 Å². The second kappa shape index (κ2) is 11.0. The fourth-order valence-corrected chi connectivity index (χ4v) is 5.12. The number of aliphatic hydroxyl groups excluding tert-OH is 1. The maximum absolute atomic E-state index is 14.1. The molecule has 214 valence electrons. The zero-order valence-corrected chi connectivity index (χ0v) is 22.0. The number of aliphatic hydroxyl groups is 1. The van der Waals surface area contributed by atoms with E-state index in [1.807, 2.05) is 0 Å². The molecule has 4 heterocycles. The molecule has 9 nitrogen and oxygen atoms in total. The van der Waals surface area contributed by atoms with Gasteiger partial charge in [-0.25, -0.2) is 27.2 Å². The molecule has 1 aliphatic heterocycles. The molecule has 14 heteroatoms. The predicted octanol–water partition coefficient (Wildman–Crippen LogP) is 3.82. The van der Waals surface area contributed by atoms with Crippen LogP contribution < -0.4 is 10.2 Å². The smallest absolute Gasteiger partial charge is 0.341 e. The van der Waals surface area contributed by atoms with Gasteiger partial charge in [0.05, 0.1) is 40.6 Å². The molecular weight excluding hydrogens is 566 g/mol. The monoisotopic (exact) mass is 589 g/mol. The van der Waals surface area contributed by atoms with Gasteiger partial charge in [-0.05, 0) is 55.0 Å². The number of carbonyl (C=O) groups is 1. The van der Waals surface area contributed by atoms with Crippen molar-refractivity contribution in [2.75, 3.05) is 18.0 Å². The molecule has 1 fully saturated rings. The number of benzene rings is 1. The van der Waals surface area contributed by atoms with E-state index in [1.165, 1.54) is 17.0 Å². The van der Waals surface area contributed by atoms with E-state index in [-0.39, 0.29) is 25.1 Å². The van der Waals surface area contributed by atoms with Crippen molar-refractivity contribution in [3.05, 3.63) is 78.1 Å². The van der Waals surface area contributed by atoms with E-state index in [1.54, 1.807) is 42.6 Å². The van der Waals surface area contributed by atoms with Gasteiger partial charge in [-0.2, -0.15) is 8.78 Å². The first-order chi connectivity index (χ1) is 19.4. The second-order valence-corrected chi connectivity index (χ2v) is 11.4. The highest BCUT2D eigenvalue weighted by atomic mass is 32.2. The van der Waals surface area contributed by atoms with E-state index >= 15 is 0 Å². The molecule has 1 saturated heterocycles. The lowest BCUT2D eigenvalue weighted by Gasteiger charge is -2.36. The van der Waals surface area contributed by atoms with Crippen LogP contribution in [0.1, 0.15) is 22.5 Å². The Bertz CT molecular complexity index is 1720. The minimum atomic E-state index is -4.85. The Morgan fingerprint density at radius 2 is 1.83 bits per heavy atom. The summed E-state index contributed by atoms with van der Waals surface area (Å²) >= 11 is 0. The normalized spacial score (nSPS) is 17.1. The molecule has 1 atom stereocenters. The number of nitrogens with zero attached hydrogens (tertiary/aromatic N) is 4. The minimum absolute atomic E-state index is 0.0603. The van der Waals surface area contributed by atoms with Gasteiger partial charge in [0.1, 0.15) is 11.9 Å². The van der Waals surface area contributed by atoms with Crippen molar-refractivity contribution >= 4 is 32.5 Å². The zero-order chi connectivity index (χ0) is 29.4. The Morgan fingerprint density at radius 1 is 1.07 bits per heavy atom. The Balaban J connectivity index is 1.33. The fourth-order valence-electron chi connectivity index (χ4n) is 4.35. The number of aromatic nitrogens is 3. The molecule has 2 N–H and O–H groups in total. The van der Waals surface area contributed by atoms with Gasteiger partial charge in [0.25, 0.3) is 11.8 Å². The Hall–Kier alpha value is -4.17. The number of anilines is 1. The standard InChI is InChI=1S/C27H23F4N5O4S/c28-26(29)41(39,40)19-4-1-3-16(11-19)25(38)33-14-18-12-22-17(13-32-18)7-8-21(34-22)20-5-2-6-24(35-20)36-10-9-23(37)27(30,31)15-36/h1-8,11-13,23,26,37H,9-10,14-15H2,(H,33,38)/t23-/m1/s1. The van der Waals surface area contributed by atoms with Gasteiger partial charge in [0, 0.05) is 23.7 Å². The molecule has 41 heavy (non-hydrogen) atoms. The lowest BCUT2D eigenvalue weighted by molar-refractivity contribution is -0.113. The quantitative estimate of drug-likeness (QED) is 0.312. The molecule has 0 radical (unpaired) electrons. The predicted molar refractivity (Wildman–Crippen MR) is 141 cm³/mol. The number of piperidine rings is 1. The van der Waals surface area contributed by atoms with Gasteiger partial charge in [-0.3, -0.25) is 9.78 Å². The number of amides is 1. The van der Waals surface area contributed by atoms with E-state index in [9.17, 15) is 35.9 Å². The van der Waals surface area contributed by atoms with Crippen LogP contribution in [0.15, 0.2) is 71.8 Å². The number of nitrogens with one attached hydrogen (secondary N) is 1. The van der Waals surface area contributed by atoms with Crippen LogP contribution in [0.5, 0.6) is 0 Å². The highest BCUT2D eigenvalue weighted by Crippen LogP contribution is 2.31. The van der Waals surface area contributed by atoms with Gasteiger partial charge >= 0.3 is 5.76 Å². The number of halogens is 4. The Labute approximate surface area is 231 Å². The molecule has 5 rings (SSSR count). The molecule has 0 bridgehead atoms. The van der Waals surface area contributed by atoms with Gasteiger partial charge in [-0.1, -0.05) is 12.1 Å². The summed E-state index contributed by atoms with van der Waals surface area (Å²) in [6.45, 7) is -0.483. The molecule has 1 aromatic carbocycles. The molecule has 0 spiro atoms. The third-order valence-electron chi connectivity index (χ3n) is 6.60. The number of carbonyl (C=O) groups excluding carboxylic acids is 1. The summed E-state index contributed by atoms with van der Waals surface area (Å²) in [4.78, 5) is 26.7. The molecule has 1 aliphatic rings. The van der Waals surface area contributed by atoms with Crippen molar-refractivity contribution in [2.24, 2.45) is 0 Å². The van der Waals surface area contributed by atoms with Crippen LogP contribution in [0.4, 0.5) is 23.4 Å². The van der Waals surface area contributed by atoms with Crippen LogP contribution in [-0.4, -0.2) is 65.3 Å². The maximum Gasteiger partial charge on any atom is 0.341 e. The molecule has 0 saturated carbocycles. The summed E-state index contributed by atoms with van der Waals surface area (Å²) in [6, 6.07) is 14.5. The van der Waals surface area contributed by atoms with Crippen LogP contribution in [0.25, 0.3) is 22.3 Å². The summed E-state index contributed by atoms with van der Waals surface area (Å²) in [7, 11) is -4.85. The van der Waals surface area contributed by atoms with E-state index in [0.717, 1.165) is 12.1 Å². The lowest BCUT2D eigenvalue weighted by Crippen LogP contribution is -2.51. The highest BCUT2D eigenvalue weighted by molar-refractivity contribution is 7.91. The number of fused-ring (bicyclic) bond motifs is 1. The van der Waals surface area contributed by atoms with Gasteiger partial charge in [-0.15, -0.1) is 0 Å². The summed E-state index contributed by atoms with van der Waals surface area (Å²) in [5, 5.41) is 12.8. The van der Waals surface area contributed by atoms with E-state index < -0.39 is 45.0 Å². The number of alkyl halides is 4. The van der Waals surface area contributed by atoms with Crippen LogP contribution in [0, 0.1) is 0 Å². The largest absolute Gasteiger partial charge is 0.387 e.